The topological polar surface area (TPSA) is 81.4 Å². The van der Waals surface area contributed by atoms with E-state index in [2.05, 4.69) is 4.72 Å². The lowest BCUT2D eigenvalue weighted by Gasteiger charge is -2.09. The van der Waals surface area contributed by atoms with E-state index in [-0.39, 0.29) is 0 Å². The fourth-order valence-corrected chi connectivity index (χ4v) is 3.38. The van der Waals surface area contributed by atoms with Gasteiger partial charge in [0, 0.05) is 25.1 Å². The summed E-state index contributed by atoms with van der Waals surface area (Å²) in [6.45, 7) is 1.81. The zero-order valence-corrected chi connectivity index (χ0v) is 12.6. The molecule has 2 aromatic carbocycles. The molecule has 2 aromatic rings. The summed E-state index contributed by atoms with van der Waals surface area (Å²) in [5, 5.41) is 1.64. The van der Waals surface area contributed by atoms with Crippen molar-refractivity contribution in [2.75, 3.05) is 26.3 Å². The van der Waals surface area contributed by atoms with E-state index in [1.54, 1.807) is 12.1 Å². The average Bonchev–Trinajstić information content (AvgIpc) is 2.50. The van der Waals surface area contributed by atoms with E-state index in [0.717, 1.165) is 10.8 Å². The summed E-state index contributed by atoms with van der Waals surface area (Å²) < 4.78 is 32.5. The van der Waals surface area contributed by atoms with Crippen molar-refractivity contribution in [1.82, 2.24) is 4.72 Å². The minimum absolute atomic E-state index is 0.309. The minimum atomic E-state index is -3.51. The van der Waals surface area contributed by atoms with E-state index in [0.29, 0.717) is 37.6 Å². The number of fused-ring (bicyclic) bond motifs is 1. The molecule has 21 heavy (non-hydrogen) atoms. The van der Waals surface area contributed by atoms with Gasteiger partial charge in [-0.3, -0.25) is 0 Å². The maximum absolute atomic E-state index is 12.4. The monoisotopic (exact) mass is 308 g/mol. The van der Waals surface area contributed by atoms with Gasteiger partial charge in [0.1, 0.15) is 0 Å². The fraction of sp³-hybridized carbons (Fsp3) is 0.333. The zero-order valence-electron chi connectivity index (χ0n) is 11.8. The van der Waals surface area contributed by atoms with Crippen molar-refractivity contribution in [1.29, 1.82) is 0 Å². The summed E-state index contributed by atoms with van der Waals surface area (Å²) >= 11 is 0. The molecule has 0 spiro atoms. The first-order valence-corrected chi connectivity index (χ1v) is 8.39. The summed E-state index contributed by atoms with van der Waals surface area (Å²) in [6.07, 6.45) is 0.615. The molecule has 6 heteroatoms. The Balaban J connectivity index is 2.05. The molecule has 0 saturated heterocycles. The summed E-state index contributed by atoms with van der Waals surface area (Å²) in [5.41, 5.74) is 5.30. The highest BCUT2D eigenvalue weighted by Gasteiger charge is 2.16. The molecule has 0 bridgehead atoms. The Bertz CT molecular complexity index is 681. The van der Waals surface area contributed by atoms with Gasteiger partial charge in [-0.2, -0.15) is 0 Å². The van der Waals surface area contributed by atoms with Gasteiger partial charge < -0.3 is 10.5 Å². The van der Waals surface area contributed by atoms with Gasteiger partial charge in [0.05, 0.1) is 11.5 Å². The van der Waals surface area contributed by atoms with Crippen molar-refractivity contribution >= 4 is 20.8 Å². The second kappa shape index (κ2) is 7.51. The largest absolute Gasteiger partial charge is 0.380 e. The van der Waals surface area contributed by atoms with Gasteiger partial charge in [0.25, 0.3) is 0 Å². The summed E-state index contributed by atoms with van der Waals surface area (Å²) in [6, 6.07) is 12.7. The molecule has 0 aliphatic heterocycles. The van der Waals surface area contributed by atoms with Crippen LogP contribution in [0.4, 0.5) is 0 Å². The number of rotatable bonds is 8. The molecule has 0 heterocycles. The lowest BCUT2D eigenvalue weighted by atomic mass is 10.1. The molecule has 0 aliphatic rings. The van der Waals surface area contributed by atoms with Crippen LogP contribution in [0.5, 0.6) is 0 Å². The Morgan fingerprint density at radius 3 is 2.62 bits per heavy atom. The molecule has 0 amide bonds. The van der Waals surface area contributed by atoms with Crippen LogP contribution in [-0.4, -0.2) is 34.7 Å². The van der Waals surface area contributed by atoms with E-state index in [1.165, 1.54) is 0 Å². The summed E-state index contributed by atoms with van der Waals surface area (Å²) in [7, 11) is -3.51. The van der Waals surface area contributed by atoms with E-state index < -0.39 is 10.0 Å². The maximum atomic E-state index is 12.4. The van der Waals surface area contributed by atoms with Crippen LogP contribution in [0, 0.1) is 0 Å². The first-order valence-electron chi connectivity index (χ1n) is 6.90. The number of hydrogen-bond acceptors (Lipinski definition) is 4. The molecule has 0 fully saturated rings. The van der Waals surface area contributed by atoms with E-state index in [9.17, 15) is 8.42 Å². The van der Waals surface area contributed by atoms with Crippen LogP contribution >= 0.6 is 0 Å². The molecule has 0 aromatic heterocycles. The van der Waals surface area contributed by atoms with Crippen LogP contribution in [0.3, 0.4) is 0 Å². The Hall–Kier alpha value is -1.47. The van der Waals surface area contributed by atoms with Crippen LogP contribution in [0.2, 0.25) is 0 Å². The third-order valence-corrected chi connectivity index (χ3v) is 4.58. The van der Waals surface area contributed by atoms with Crippen LogP contribution in [0.1, 0.15) is 6.42 Å². The highest BCUT2D eigenvalue weighted by atomic mass is 32.2. The van der Waals surface area contributed by atoms with Gasteiger partial charge >= 0.3 is 0 Å². The fourth-order valence-electron chi connectivity index (χ4n) is 2.07. The number of ether oxygens (including phenoxy) is 1. The molecule has 0 radical (unpaired) electrons. The highest BCUT2D eigenvalue weighted by Crippen LogP contribution is 2.22. The Kier molecular flexibility index (Phi) is 5.69. The Labute approximate surface area is 125 Å². The van der Waals surface area contributed by atoms with Gasteiger partial charge in [0.15, 0.2) is 0 Å². The minimum Gasteiger partial charge on any atom is -0.380 e. The molecule has 0 saturated carbocycles. The molecule has 3 N–H and O–H groups in total. The quantitative estimate of drug-likeness (QED) is 0.724. The van der Waals surface area contributed by atoms with Crippen LogP contribution in [0.25, 0.3) is 10.8 Å². The Morgan fingerprint density at radius 2 is 1.81 bits per heavy atom. The van der Waals surface area contributed by atoms with Crippen molar-refractivity contribution in [2.45, 2.75) is 11.3 Å². The van der Waals surface area contributed by atoms with Gasteiger partial charge in [-0.25, -0.2) is 13.1 Å². The maximum Gasteiger partial charge on any atom is 0.241 e. The molecule has 5 nitrogen and oxygen atoms in total. The molecule has 0 atom stereocenters. The van der Waals surface area contributed by atoms with E-state index in [4.69, 9.17) is 10.5 Å². The van der Waals surface area contributed by atoms with Gasteiger partial charge in [-0.1, -0.05) is 36.4 Å². The van der Waals surface area contributed by atoms with Gasteiger partial charge in [-0.15, -0.1) is 0 Å². The second-order valence-electron chi connectivity index (χ2n) is 4.63. The molecular weight excluding hydrogens is 288 g/mol. The van der Waals surface area contributed by atoms with Crippen molar-refractivity contribution < 1.29 is 13.2 Å². The molecule has 2 rings (SSSR count). The van der Waals surface area contributed by atoms with Crippen molar-refractivity contribution in [3.63, 3.8) is 0 Å². The lowest BCUT2D eigenvalue weighted by Crippen LogP contribution is -2.26. The van der Waals surface area contributed by atoms with Crippen LogP contribution in [-0.2, 0) is 14.8 Å². The predicted molar refractivity (Wildman–Crippen MR) is 83.6 cm³/mol. The second-order valence-corrected chi connectivity index (χ2v) is 6.37. The first-order chi connectivity index (χ1) is 10.1. The molecular formula is C15H20N2O3S. The first kappa shape index (κ1) is 15.9. The number of nitrogens with one attached hydrogen (secondary N) is 1. The lowest BCUT2D eigenvalue weighted by molar-refractivity contribution is 0.140. The summed E-state index contributed by atoms with van der Waals surface area (Å²) in [5.74, 6) is 0. The summed E-state index contributed by atoms with van der Waals surface area (Å²) in [4.78, 5) is 0.309. The molecule has 0 unspecified atom stereocenters. The van der Waals surface area contributed by atoms with Crippen LogP contribution < -0.4 is 10.5 Å². The number of hydrogen-bond donors (Lipinski definition) is 2. The smallest absolute Gasteiger partial charge is 0.241 e. The number of nitrogens with two attached hydrogens (primary N) is 1. The van der Waals surface area contributed by atoms with E-state index in [1.807, 2.05) is 30.3 Å². The SMILES string of the molecule is NCCOCCCNS(=O)(=O)c1cccc2ccccc12. The van der Waals surface area contributed by atoms with Gasteiger partial charge in [0.2, 0.25) is 10.0 Å². The standard InChI is InChI=1S/C15H20N2O3S/c16-9-12-20-11-4-10-17-21(18,19)15-8-3-6-13-5-1-2-7-14(13)15/h1-3,5-8,17H,4,9-12,16H2. The third kappa shape index (κ3) is 4.25. The van der Waals surface area contributed by atoms with Crippen molar-refractivity contribution in [2.24, 2.45) is 5.73 Å². The highest BCUT2D eigenvalue weighted by molar-refractivity contribution is 7.89. The van der Waals surface area contributed by atoms with Crippen molar-refractivity contribution in [3.05, 3.63) is 42.5 Å². The van der Waals surface area contributed by atoms with Gasteiger partial charge in [-0.05, 0) is 17.9 Å². The van der Waals surface area contributed by atoms with Crippen LogP contribution in [0.15, 0.2) is 47.4 Å². The third-order valence-electron chi connectivity index (χ3n) is 3.06. The predicted octanol–water partition coefficient (Wildman–Crippen LogP) is 1.48. The van der Waals surface area contributed by atoms with Crippen molar-refractivity contribution in [3.8, 4) is 0 Å². The molecule has 0 aliphatic carbocycles. The normalized spacial score (nSPS) is 11.9. The zero-order chi connectivity index (χ0) is 15.1. The van der Waals surface area contributed by atoms with E-state index >= 15 is 0 Å². The number of sulfonamides is 1. The molecule has 114 valence electrons. The average molecular weight is 308 g/mol. The number of benzene rings is 2. The Morgan fingerprint density at radius 1 is 1.05 bits per heavy atom.